The van der Waals surface area contributed by atoms with Crippen LogP contribution < -0.4 is 10.6 Å². The highest BCUT2D eigenvalue weighted by molar-refractivity contribution is 6.33. The number of rotatable bonds is 7. The first-order valence-electron chi connectivity index (χ1n) is 6.14. The summed E-state index contributed by atoms with van der Waals surface area (Å²) in [6.07, 6.45) is 0.224. The van der Waals surface area contributed by atoms with Crippen molar-refractivity contribution >= 4 is 34.8 Å². The fourth-order valence-electron chi connectivity index (χ4n) is 1.42. The van der Waals surface area contributed by atoms with E-state index >= 15 is 0 Å². The van der Waals surface area contributed by atoms with Crippen molar-refractivity contribution in [1.29, 1.82) is 0 Å². The fraction of sp³-hybridized carbons (Fsp3) is 0.462. The largest absolute Gasteiger partial charge is 0.390 e. The Morgan fingerprint density at radius 1 is 1.47 bits per heavy atom. The van der Waals surface area contributed by atoms with Gasteiger partial charge in [0, 0.05) is 18.7 Å². The molecule has 1 rings (SSSR count). The Kier molecular flexibility index (Phi) is 6.99. The third-order valence-corrected chi connectivity index (χ3v) is 3.16. The molecule has 6 heteroatoms. The quantitative estimate of drug-likeness (QED) is 0.678. The maximum Gasteiger partial charge on any atom is 0.251 e. The van der Waals surface area contributed by atoms with E-state index in [9.17, 15) is 9.90 Å². The van der Waals surface area contributed by atoms with E-state index in [1.165, 1.54) is 0 Å². The number of aliphatic hydroxyl groups is 1. The molecule has 0 spiro atoms. The van der Waals surface area contributed by atoms with Crippen LogP contribution in [0.4, 0.5) is 5.69 Å². The van der Waals surface area contributed by atoms with E-state index in [-0.39, 0.29) is 18.3 Å². The van der Waals surface area contributed by atoms with E-state index in [1.54, 1.807) is 18.2 Å². The third kappa shape index (κ3) is 5.27. The van der Waals surface area contributed by atoms with Crippen LogP contribution in [0.1, 0.15) is 23.7 Å². The van der Waals surface area contributed by atoms with E-state index in [2.05, 4.69) is 10.6 Å². The van der Waals surface area contributed by atoms with Crippen LogP contribution in [0.3, 0.4) is 0 Å². The molecule has 0 saturated heterocycles. The fourth-order valence-corrected chi connectivity index (χ4v) is 1.72. The summed E-state index contributed by atoms with van der Waals surface area (Å²) in [5.41, 5.74) is 1.13. The van der Waals surface area contributed by atoms with Gasteiger partial charge < -0.3 is 15.7 Å². The van der Waals surface area contributed by atoms with Crippen molar-refractivity contribution in [3.8, 4) is 0 Å². The van der Waals surface area contributed by atoms with Gasteiger partial charge in [-0.25, -0.2) is 0 Å². The number of hydrogen-bond donors (Lipinski definition) is 3. The van der Waals surface area contributed by atoms with Gasteiger partial charge in [0.05, 0.1) is 22.7 Å². The predicted molar refractivity (Wildman–Crippen MR) is 79.3 cm³/mol. The Balaban J connectivity index is 2.73. The molecule has 0 aliphatic heterocycles. The van der Waals surface area contributed by atoms with Gasteiger partial charge >= 0.3 is 0 Å². The molecule has 1 atom stereocenters. The molecule has 0 aliphatic carbocycles. The number of carbonyl (C=O) groups is 1. The Morgan fingerprint density at radius 3 is 2.84 bits per heavy atom. The summed E-state index contributed by atoms with van der Waals surface area (Å²) in [4.78, 5) is 11.8. The van der Waals surface area contributed by atoms with Crippen LogP contribution in [0.2, 0.25) is 5.02 Å². The molecule has 106 valence electrons. The topological polar surface area (TPSA) is 61.4 Å². The smallest absolute Gasteiger partial charge is 0.251 e. The average molecular weight is 305 g/mol. The predicted octanol–water partition coefficient (Wildman–Crippen LogP) is 2.49. The molecule has 3 N–H and O–H groups in total. The highest BCUT2D eigenvalue weighted by atomic mass is 35.5. The van der Waals surface area contributed by atoms with Gasteiger partial charge in [-0.2, -0.15) is 0 Å². The van der Waals surface area contributed by atoms with Crippen molar-refractivity contribution in [3.63, 3.8) is 0 Å². The molecule has 0 fully saturated rings. The van der Waals surface area contributed by atoms with Gasteiger partial charge in [-0.1, -0.05) is 18.5 Å². The average Bonchev–Trinajstić information content (AvgIpc) is 2.43. The van der Waals surface area contributed by atoms with Crippen LogP contribution in [-0.2, 0) is 0 Å². The number of benzene rings is 1. The summed E-state index contributed by atoms with van der Waals surface area (Å²) >= 11 is 11.5. The molecular weight excluding hydrogens is 287 g/mol. The number of nitrogens with one attached hydrogen (secondary N) is 2. The number of hydrogen-bond acceptors (Lipinski definition) is 3. The van der Waals surface area contributed by atoms with Crippen LogP contribution in [0.25, 0.3) is 0 Å². The summed E-state index contributed by atoms with van der Waals surface area (Å²) in [5.74, 6) is 0.000784. The van der Waals surface area contributed by atoms with Crippen molar-refractivity contribution in [3.05, 3.63) is 28.8 Å². The first-order valence-corrected chi connectivity index (χ1v) is 7.05. The molecule has 0 bridgehead atoms. The van der Waals surface area contributed by atoms with Gasteiger partial charge in [-0.3, -0.25) is 4.79 Å². The molecule has 1 aromatic rings. The van der Waals surface area contributed by atoms with Gasteiger partial charge in [0.25, 0.3) is 5.91 Å². The Bertz CT molecular complexity index is 427. The van der Waals surface area contributed by atoms with Crippen molar-refractivity contribution in [2.45, 2.75) is 19.4 Å². The zero-order valence-electron chi connectivity index (χ0n) is 10.7. The lowest BCUT2D eigenvalue weighted by Crippen LogP contribution is -2.24. The van der Waals surface area contributed by atoms with Gasteiger partial charge in [-0.15, -0.1) is 11.6 Å². The Labute approximate surface area is 123 Å². The minimum Gasteiger partial charge on any atom is -0.390 e. The molecule has 0 aliphatic rings. The molecule has 0 aromatic heterocycles. The lowest BCUT2D eigenvalue weighted by Gasteiger charge is -2.12. The summed E-state index contributed by atoms with van der Waals surface area (Å²) in [6, 6.07) is 4.97. The van der Waals surface area contributed by atoms with Crippen LogP contribution in [0, 0.1) is 0 Å². The van der Waals surface area contributed by atoms with Crippen molar-refractivity contribution in [2.75, 3.05) is 24.3 Å². The zero-order valence-corrected chi connectivity index (χ0v) is 12.3. The Morgan fingerprint density at radius 2 is 2.21 bits per heavy atom. The molecule has 1 unspecified atom stereocenters. The summed E-state index contributed by atoms with van der Waals surface area (Å²) < 4.78 is 0. The second-order valence-electron chi connectivity index (χ2n) is 4.14. The maximum absolute atomic E-state index is 11.8. The molecule has 19 heavy (non-hydrogen) atoms. The summed E-state index contributed by atoms with van der Waals surface area (Å²) in [7, 11) is 0. The van der Waals surface area contributed by atoms with Crippen LogP contribution in [0.5, 0.6) is 0 Å². The lowest BCUT2D eigenvalue weighted by molar-refractivity contribution is 0.0953. The molecule has 4 nitrogen and oxygen atoms in total. The van der Waals surface area contributed by atoms with E-state index in [1.807, 2.05) is 6.92 Å². The van der Waals surface area contributed by atoms with Gasteiger partial charge in [0.15, 0.2) is 0 Å². The maximum atomic E-state index is 11.8. The molecule has 0 saturated carbocycles. The first kappa shape index (κ1) is 16.1. The highest BCUT2D eigenvalue weighted by Gasteiger charge is 2.09. The number of anilines is 1. The highest BCUT2D eigenvalue weighted by Crippen LogP contribution is 2.23. The van der Waals surface area contributed by atoms with E-state index in [0.717, 1.165) is 6.42 Å². The van der Waals surface area contributed by atoms with Crippen molar-refractivity contribution in [1.82, 2.24) is 5.32 Å². The summed E-state index contributed by atoms with van der Waals surface area (Å²) in [6.45, 7) is 2.90. The van der Waals surface area contributed by atoms with E-state index in [4.69, 9.17) is 23.2 Å². The van der Waals surface area contributed by atoms with Crippen molar-refractivity contribution < 1.29 is 9.90 Å². The van der Waals surface area contributed by atoms with Crippen LogP contribution in [0.15, 0.2) is 18.2 Å². The second kappa shape index (κ2) is 8.25. The van der Waals surface area contributed by atoms with E-state index < -0.39 is 6.10 Å². The molecule has 1 aromatic carbocycles. The summed E-state index contributed by atoms with van der Waals surface area (Å²) in [5, 5.41) is 15.6. The van der Waals surface area contributed by atoms with Gasteiger partial charge in [0.2, 0.25) is 0 Å². The number of halogens is 2. The standard InChI is InChI=1S/C13H18Cl2N2O2/c1-2-5-16-13(19)9-3-4-11(15)12(6-9)17-8-10(18)7-14/h3-4,6,10,17-18H,2,5,7-8H2,1H3,(H,16,19). The lowest BCUT2D eigenvalue weighted by atomic mass is 10.2. The monoisotopic (exact) mass is 304 g/mol. The van der Waals surface area contributed by atoms with Gasteiger partial charge in [-0.05, 0) is 24.6 Å². The normalized spacial score (nSPS) is 12.0. The van der Waals surface area contributed by atoms with Gasteiger partial charge in [0.1, 0.15) is 0 Å². The third-order valence-electron chi connectivity index (χ3n) is 2.47. The van der Waals surface area contributed by atoms with Crippen LogP contribution >= 0.6 is 23.2 Å². The number of alkyl halides is 1. The minimum atomic E-state index is -0.657. The number of amides is 1. The Hall–Kier alpha value is -0.970. The molecule has 1 amide bonds. The minimum absolute atomic E-state index is 0.139. The molecule has 0 radical (unpaired) electrons. The SMILES string of the molecule is CCCNC(=O)c1ccc(Cl)c(NCC(O)CCl)c1. The number of carbonyl (C=O) groups excluding carboxylic acids is 1. The molecular formula is C13H18Cl2N2O2. The second-order valence-corrected chi connectivity index (χ2v) is 4.86. The first-order chi connectivity index (χ1) is 9.08. The van der Waals surface area contributed by atoms with Crippen molar-refractivity contribution in [2.24, 2.45) is 0 Å². The molecule has 0 heterocycles. The van der Waals surface area contributed by atoms with E-state index in [0.29, 0.717) is 22.8 Å². The van der Waals surface area contributed by atoms with Crippen LogP contribution in [-0.4, -0.2) is 36.1 Å². The zero-order chi connectivity index (χ0) is 14.3. The number of aliphatic hydroxyl groups excluding tert-OH is 1.